The van der Waals surface area contributed by atoms with Crippen LogP contribution in [0.25, 0.3) is 0 Å². The summed E-state index contributed by atoms with van der Waals surface area (Å²) >= 11 is 0. The minimum atomic E-state index is -0.263. The molecule has 0 heterocycles. The Balaban J connectivity index is 0. The summed E-state index contributed by atoms with van der Waals surface area (Å²) in [5.41, 5.74) is 0. The fraction of sp³-hybridized carbons (Fsp3) is 1.00. The summed E-state index contributed by atoms with van der Waals surface area (Å²) in [6.45, 7) is 7.25. The van der Waals surface area contributed by atoms with Crippen LogP contribution in [-0.2, 0) is 0 Å². The fourth-order valence-electron chi connectivity index (χ4n) is 3.10. The molecule has 0 radical (unpaired) electrons. The summed E-state index contributed by atoms with van der Waals surface area (Å²) in [7, 11) is -0.263. The summed E-state index contributed by atoms with van der Waals surface area (Å²) < 4.78 is 0. The maximum Gasteiger partial charge on any atom is 0.0305 e. The van der Waals surface area contributed by atoms with Crippen LogP contribution in [0.3, 0.4) is 0 Å². The van der Waals surface area contributed by atoms with E-state index in [1.54, 1.807) is 6.04 Å². The predicted octanol–water partition coefficient (Wildman–Crippen LogP) is 6.91. The average Bonchev–Trinajstić information content (AvgIpc) is 2.46. The molecule has 0 aliphatic rings. The first-order chi connectivity index (χ1) is 10.3. The Morgan fingerprint density at radius 1 is 0.455 bits per heavy atom. The molecule has 0 aromatic carbocycles. The van der Waals surface area contributed by atoms with Crippen molar-refractivity contribution in [2.75, 3.05) is 0 Å². The van der Waals surface area contributed by atoms with Crippen molar-refractivity contribution in [3.05, 3.63) is 0 Å². The Hall–Kier alpha value is 0.177. The van der Waals surface area contributed by atoms with Gasteiger partial charge in [-0.1, -0.05) is 129 Å². The van der Waals surface area contributed by atoms with Crippen molar-refractivity contribution in [3.8, 4) is 0 Å². The standard InChI is InChI=1S/C20H44Si.H2O/c1-4-5-6-7-8-9-10-11-12-13-14-15-16-17-18-19-20-21(2)3;/h21H,4-20H2,1-3H3;1H2. The third-order valence-electron chi connectivity index (χ3n) is 4.64. The average molecular weight is 331 g/mol. The lowest BCUT2D eigenvalue weighted by Gasteiger charge is -2.04. The van der Waals surface area contributed by atoms with Gasteiger partial charge in [0.25, 0.3) is 0 Å². The number of hydrogen-bond donors (Lipinski definition) is 0. The first-order valence-electron chi connectivity index (χ1n) is 10.3. The van der Waals surface area contributed by atoms with Gasteiger partial charge in [-0.3, -0.25) is 0 Å². The normalized spacial score (nSPS) is 10.9. The fourth-order valence-corrected chi connectivity index (χ4v) is 4.21. The molecule has 2 N–H and O–H groups in total. The molecule has 0 aromatic rings. The Bertz CT molecular complexity index is 183. The van der Waals surface area contributed by atoms with Crippen LogP contribution in [0.15, 0.2) is 0 Å². The molecule has 0 unspecified atom stereocenters. The van der Waals surface area contributed by atoms with E-state index in [1.807, 2.05) is 0 Å². The van der Waals surface area contributed by atoms with Gasteiger partial charge < -0.3 is 5.48 Å². The van der Waals surface area contributed by atoms with Crippen LogP contribution in [0.1, 0.15) is 110 Å². The summed E-state index contributed by atoms with van der Waals surface area (Å²) in [6, 6.07) is 1.57. The lowest BCUT2D eigenvalue weighted by atomic mass is 10.0. The molecule has 0 saturated carbocycles. The molecule has 0 spiro atoms. The molecule has 0 fully saturated rings. The highest BCUT2D eigenvalue weighted by Gasteiger charge is 1.96. The van der Waals surface area contributed by atoms with E-state index in [-0.39, 0.29) is 14.3 Å². The van der Waals surface area contributed by atoms with Gasteiger partial charge in [0.05, 0.1) is 0 Å². The molecule has 2 heteroatoms. The zero-order valence-electron chi connectivity index (χ0n) is 16.1. The predicted molar refractivity (Wildman–Crippen MR) is 107 cm³/mol. The highest BCUT2D eigenvalue weighted by Crippen LogP contribution is 2.14. The zero-order chi connectivity index (χ0) is 15.6. The van der Waals surface area contributed by atoms with Crippen molar-refractivity contribution >= 4 is 8.80 Å². The van der Waals surface area contributed by atoms with Crippen molar-refractivity contribution < 1.29 is 5.48 Å². The van der Waals surface area contributed by atoms with Crippen LogP contribution >= 0.6 is 0 Å². The molecule has 0 aromatic heterocycles. The Kier molecular flexibility index (Phi) is 23.5. The third kappa shape index (κ3) is 22.5. The van der Waals surface area contributed by atoms with Gasteiger partial charge in [0, 0.05) is 8.80 Å². The first kappa shape index (κ1) is 24.4. The second-order valence-corrected chi connectivity index (χ2v) is 10.9. The van der Waals surface area contributed by atoms with E-state index in [4.69, 9.17) is 0 Å². The second-order valence-electron chi connectivity index (χ2n) is 7.49. The van der Waals surface area contributed by atoms with Crippen molar-refractivity contribution in [1.29, 1.82) is 0 Å². The highest BCUT2D eigenvalue weighted by molar-refractivity contribution is 6.55. The van der Waals surface area contributed by atoms with Crippen molar-refractivity contribution in [2.45, 2.75) is 129 Å². The molecule has 136 valence electrons. The van der Waals surface area contributed by atoms with Gasteiger partial charge in [-0.15, -0.1) is 0 Å². The molecule has 0 rings (SSSR count). The van der Waals surface area contributed by atoms with Crippen LogP contribution in [0, 0.1) is 0 Å². The minimum Gasteiger partial charge on any atom is -0.412 e. The molecule has 22 heavy (non-hydrogen) atoms. The Morgan fingerprint density at radius 2 is 0.727 bits per heavy atom. The SMILES string of the molecule is CCCCCCCCCCCCCCCCCC[SiH](C)C.O. The minimum absolute atomic E-state index is 0. The number of hydrogen-bond acceptors (Lipinski definition) is 0. The van der Waals surface area contributed by atoms with E-state index in [1.165, 1.54) is 103 Å². The zero-order valence-corrected chi connectivity index (χ0v) is 17.3. The van der Waals surface area contributed by atoms with Gasteiger partial charge in [-0.2, -0.15) is 0 Å². The van der Waals surface area contributed by atoms with E-state index >= 15 is 0 Å². The van der Waals surface area contributed by atoms with Crippen LogP contribution in [0.4, 0.5) is 0 Å². The van der Waals surface area contributed by atoms with Gasteiger partial charge >= 0.3 is 0 Å². The molecule has 0 amide bonds. The van der Waals surface area contributed by atoms with Gasteiger partial charge in [-0.05, 0) is 0 Å². The van der Waals surface area contributed by atoms with Crippen LogP contribution in [0.2, 0.25) is 19.1 Å². The van der Waals surface area contributed by atoms with Crippen molar-refractivity contribution in [1.82, 2.24) is 0 Å². The van der Waals surface area contributed by atoms with E-state index in [2.05, 4.69) is 20.0 Å². The molecule has 0 aliphatic heterocycles. The summed E-state index contributed by atoms with van der Waals surface area (Å²) in [5.74, 6) is 0. The van der Waals surface area contributed by atoms with E-state index < -0.39 is 0 Å². The molecule has 0 bridgehead atoms. The largest absolute Gasteiger partial charge is 0.412 e. The topological polar surface area (TPSA) is 31.5 Å². The van der Waals surface area contributed by atoms with Crippen LogP contribution in [-0.4, -0.2) is 14.3 Å². The quantitative estimate of drug-likeness (QED) is 0.205. The molecule has 0 aliphatic carbocycles. The molecular weight excluding hydrogens is 284 g/mol. The summed E-state index contributed by atoms with van der Waals surface area (Å²) in [4.78, 5) is 0. The number of unbranched alkanes of at least 4 members (excludes halogenated alkanes) is 15. The van der Waals surface area contributed by atoms with Gasteiger partial charge in [-0.25, -0.2) is 0 Å². The lowest BCUT2D eigenvalue weighted by Crippen LogP contribution is -1.97. The van der Waals surface area contributed by atoms with E-state index in [0.29, 0.717) is 0 Å². The summed E-state index contributed by atoms with van der Waals surface area (Å²) in [6.07, 6.45) is 23.7. The molecule has 0 atom stereocenters. The Labute approximate surface area is 143 Å². The van der Waals surface area contributed by atoms with Crippen LogP contribution in [0.5, 0.6) is 0 Å². The smallest absolute Gasteiger partial charge is 0.0305 e. The van der Waals surface area contributed by atoms with Gasteiger partial charge in [0.1, 0.15) is 0 Å². The maximum absolute atomic E-state index is 2.48. The second kappa shape index (κ2) is 21.2. The van der Waals surface area contributed by atoms with Gasteiger partial charge in [0.15, 0.2) is 0 Å². The summed E-state index contributed by atoms with van der Waals surface area (Å²) in [5, 5.41) is 0. The van der Waals surface area contributed by atoms with Crippen molar-refractivity contribution in [3.63, 3.8) is 0 Å². The highest BCUT2D eigenvalue weighted by atomic mass is 28.3. The maximum atomic E-state index is 2.48. The van der Waals surface area contributed by atoms with Crippen molar-refractivity contribution in [2.24, 2.45) is 0 Å². The molecule has 1 nitrogen and oxygen atoms in total. The Morgan fingerprint density at radius 3 is 1.00 bits per heavy atom. The number of rotatable bonds is 17. The van der Waals surface area contributed by atoms with E-state index in [9.17, 15) is 0 Å². The molecular formula is C20H46OSi. The van der Waals surface area contributed by atoms with Gasteiger partial charge in [0.2, 0.25) is 0 Å². The van der Waals surface area contributed by atoms with Crippen LogP contribution < -0.4 is 0 Å². The third-order valence-corrected chi connectivity index (χ3v) is 6.20. The van der Waals surface area contributed by atoms with E-state index in [0.717, 1.165) is 0 Å². The molecule has 0 saturated heterocycles. The first-order valence-corrected chi connectivity index (χ1v) is 13.4. The monoisotopic (exact) mass is 330 g/mol. The lowest BCUT2D eigenvalue weighted by molar-refractivity contribution is 0.531.